The van der Waals surface area contributed by atoms with Crippen LogP contribution in [0.25, 0.3) is 16.7 Å². The lowest BCUT2D eigenvalue weighted by Crippen LogP contribution is -2.19. The zero-order valence-corrected chi connectivity index (χ0v) is 14.1. The van der Waals surface area contributed by atoms with E-state index in [1.54, 1.807) is 10.6 Å². The largest absolute Gasteiger partial charge is 0.460 e. The smallest absolute Gasteiger partial charge is 0.277 e. The molecule has 3 heterocycles. The van der Waals surface area contributed by atoms with Crippen molar-refractivity contribution < 1.29 is 9.21 Å². The number of carbonyl (C=O) groups is 1. The number of hydrazone groups is 1. The summed E-state index contributed by atoms with van der Waals surface area (Å²) in [5.41, 5.74) is 6.41. The monoisotopic (exact) mass is 335 g/mol. The van der Waals surface area contributed by atoms with Gasteiger partial charge in [0.1, 0.15) is 22.7 Å². The predicted molar refractivity (Wildman–Crippen MR) is 94.9 cm³/mol. The number of nitrogens with zero attached hydrogens (tertiary/aromatic N) is 4. The van der Waals surface area contributed by atoms with Crippen molar-refractivity contribution in [2.24, 2.45) is 12.1 Å². The van der Waals surface area contributed by atoms with Crippen LogP contribution in [0.5, 0.6) is 0 Å². The molecule has 0 saturated heterocycles. The molecule has 0 unspecified atom stereocenters. The van der Waals surface area contributed by atoms with E-state index in [0.29, 0.717) is 17.0 Å². The molecule has 1 amide bonds. The molecule has 126 valence electrons. The Bertz CT molecular complexity index is 1130. The molecule has 3 aromatic heterocycles. The van der Waals surface area contributed by atoms with Crippen molar-refractivity contribution in [3.63, 3.8) is 0 Å². The Morgan fingerprint density at radius 2 is 1.96 bits per heavy atom. The van der Waals surface area contributed by atoms with Gasteiger partial charge in [0.05, 0.1) is 22.9 Å². The quantitative estimate of drug-likeness (QED) is 0.462. The van der Waals surface area contributed by atoms with Crippen molar-refractivity contribution in [1.29, 1.82) is 0 Å². The molecule has 7 nitrogen and oxygen atoms in total. The number of hydrogen-bond acceptors (Lipinski definition) is 4. The first-order chi connectivity index (χ1) is 12.1. The van der Waals surface area contributed by atoms with E-state index in [0.717, 1.165) is 22.4 Å². The zero-order valence-electron chi connectivity index (χ0n) is 14.1. The van der Waals surface area contributed by atoms with Crippen LogP contribution in [0.15, 0.2) is 45.9 Å². The van der Waals surface area contributed by atoms with E-state index >= 15 is 0 Å². The molecule has 0 aliphatic rings. The van der Waals surface area contributed by atoms with Gasteiger partial charge >= 0.3 is 0 Å². The third-order valence-corrected chi connectivity index (χ3v) is 4.17. The molecule has 0 aliphatic heterocycles. The predicted octanol–water partition coefficient (Wildman–Crippen LogP) is 2.80. The SMILES string of the molecule is Cc1ccc(/C=N\NC(=O)c2c(C)nn3c4ccccc4n(C)c23)o1. The third-order valence-electron chi connectivity index (χ3n) is 4.17. The maximum atomic E-state index is 12.6. The average molecular weight is 335 g/mol. The minimum absolute atomic E-state index is 0.307. The molecule has 0 bridgehead atoms. The average Bonchev–Trinajstić information content (AvgIpc) is 3.23. The molecule has 1 N–H and O–H groups in total. The van der Waals surface area contributed by atoms with Crippen LogP contribution in [0.3, 0.4) is 0 Å². The van der Waals surface area contributed by atoms with Gasteiger partial charge in [-0.15, -0.1) is 0 Å². The van der Waals surface area contributed by atoms with Crippen LogP contribution < -0.4 is 5.43 Å². The van der Waals surface area contributed by atoms with Gasteiger partial charge in [-0.25, -0.2) is 9.94 Å². The van der Waals surface area contributed by atoms with Crippen LogP contribution in [0.4, 0.5) is 0 Å². The summed E-state index contributed by atoms with van der Waals surface area (Å²) in [6, 6.07) is 11.5. The fraction of sp³-hybridized carbons (Fsp3) is 0.167. The summed E-state index contributed by atoms with van der Waals surface area (Å²) in [6.07, 6.45) is 1.47. The first-order valence-corrected chi connectivity index (χ1v) is 7.89. The number of benzene rings is 1. The molecule has 0 saturated carbocycles. The number of rotatable bonds is 3. The Kier molecular flexibility index (Phi) is 3.42. The summed E-state index contributed by atoms with van der Waals surface area (Å²) in [5.74, 6) is 1.06. The van der Waals surface area contributed by atoms with E-state index in [4.69, 9.17) is 4.42 Å². The van der Waals surface area contributed by atoms with Gasteiger partial charge in [0.25, 0.3) is 5.91 Å². The summed E-state index contributed by atoms with van der Waals surface area (Å²) in [5, 5.41) is 8.50. The standard InChI is InChI=1S/C18H17N5O2/c1-11-8-9-13(25-11)10-19-20-17(24)16-12(2)21-23-15-7-5-4-6-14(15)22(3)18(16)23/h4-10H,1-3H3,(H,20,24)/b19-10-. The molecule has 0 aliphatic carbocycles. The highest BCUT2D eigenvalue weighted by Gasteiger charge is 2.22. The van der Waals surface area contributed by atoms with Crippen molar-refractivity contribution in [1.82, 2.24) is 19.6 Å². The van der Waals surface area contributed by atoms with Crippen LogP contribution in [-0.2, 0) is 7.05 Å². The number of para-hydroxylation sites is 2. The van der Waals surface area contributed by atoms with E-state index in [1.165, 1.54) is 6.21 Å². The van der Waals surface area contributed by atoms with Crippen molar-refractivity contribution in [3.05, 3.63) is 59.2 Å². The fourth-order valence-electron chi connectivity index (χ4n) is 3.03. The van der Waals surface area contributed by atoms with Gasteiger partial charge in [0.2, 0.25) is 0 Å². The van der Waals surface area contributed by atoms with E-state index in [2.05, 4.69) is 15.6 Å². The Labute approximate surface area is 143 Å². The lowest BCUT2D eigenvalue weighted by Gasteiger charge is -2.01. The van der Waals surface area contributed by atoms with Crippen molar-refractivity contribution in [2.45, 2.75) is 13.8 Å². The summed E-state index contributed by atoms with van der Waals surface area (Å²) in [4.78, 5) is 12.6. The van der Waals surface area contributed by atoms with Crippen molar-refractivity contribution in [3.8, 4) is 0 Å². The maximum absolute atomic E-state index is 12.6. The van der Waals surface area contributed by atoms with Gasteiger partial charge < -0.3 is 8.98 Å². The molecule has 1 aromatic carbocycles. The van der Waals surface area contributed by atoms with Crippen molar-refractivity contribution >= 4 is 28.8 Å². The van der Waals surface area contributed by atoms with Crippen LogP contribution in [0.1, 0.15) is 27.6 Å². The number of aryl methyl sites for hydroxylation is 3. The van der Waals surface area contributed by atoms with Gasteiger partial charge in [0, 0.05) is 7.05 Å². The number of carbonyl (C=O) groups excluding carboxylic acids is 1. The summed E-state index contributed by atoms with van der Waals surface area (Å²) < 4.78 is 9.14. The fourth-order valence-corrected chi connectivity index (χ4v) is 3.03. The Hall–Kier alpha value is -3.35. The van der Waals surface area contributed by atoms with Crippen LogP contribution in [0, 0.1) is 13.8 Å². The number of aromatic nitrogens is 3. The van der Waals surface area contributed by atoms with Crippen LogP contribution in [0.2, 0.25) is 0 Å². The highest BCUT2D eigenvalue weighted by atomic mass is 16.3. The van der Waals surface area contributed by atoms with E-state index in [1.807, 2.05) is 55.8 Å². The number of furan rings is 1. The molecular weight excluding hydrogens is 318 g/mol. The number of hydrogen-bond donors (Lipinski definition) is 1. The molecule has 0 radical (unpaired) electrons. The maximum Gasteiger partial charge on any atom is 0.277 e. The van der Waals surface area contributed by atoms with Crippen molar-refractivity contribution in [2.75, 3.05) is 0 Å². The lowest BCUT2D eigenvalue weighted by molar-refractivity contribution is 0.0956. The van der Waals surface area contributed by atoms with Crippen LogP contribution >= 0.6 is 0 Å². The summed E-state index contributed by atoms with van der Waals surface area (Å²) in [7, 11) is 1.92. The molecule has 0 fully saturated rings. The Balaban J connectivity index is 1.72. The normalized spacial score (nSPS) is 11.8. The molecule has 4 aromatic rings. The first-order valence-electron chi connectivity index (χ1n) is 7.89. The van der Waals surface area contributed by atoms with Crippen LogP contribution in [-0.4, -0.2) is 26.3 Å². The minimum atomic E-state index is -0.307. The zero-order chi connectivity index (χ0) is 17.6. The summed E-state index contributed by atoms with van der Waals surface area (Å²) in [6.45, 7) is 3.67. The number of nitrogens with one attached hydrogen (secondary N) is 1. The first kappa shape index (κ1) is 15.2. The van der Waals surface area contributed by atoms with Gasteiger partial charge in [-0.2, -0.15) is 10.2 Å². The molecule has 4 rings (SSSR count). The second kappa shape index (κ2) is 5.62. The molecule has 25 heavy (non-hydrogen) atoms. The topological polar surface area (TPSA) is 76.8 Å². The van der Waals surface area contributed by atoms with E-state index in [9.17, 15) is 4.79 Å². The molecule has 0 spiro atoms. The van der Waals surface area contributed by atoms with E-state index < -0.39 is 0 Å². The minimum Gasteiger partial charge on any atom is -0.460 e. The summed E-state index contributed by atoms with van der Waals surface area (Å²) >= 11 is 0. The second-order valence-electron chi connectivity index (χ2n) is 5.89. The number of imidazole rings is 1. The van der Waals surface area contributed by atoms with Gasteiger partial charge in [0.15, 0.2) is 0 Å². The highest BCUT2D eigenvalue weighted by molar-refractivity contribution is 6.03. The van der Waals surface area contributed by atoms with Gasteiger partial charge in [-0.3, -0.25) is 4.79 Å². The Morgan fingerprint density at radius 1 is 1.20 bits per heavy atom. The molecule has 7 heteroatoms. The number of amides is 1. The lowest BCUT2D eigenvalue weighted by atomic mass is 10.2. The third kappa shape index (κ3) is 2.40. The van der Waals surface area contributed by atoms with Gasteiger partial charge in [-0.1, -0.05) is 12.1 Å². The molecule has 0 atom stereocenters. The molecular formula is C18H17N5O2. The van der Waals surface area contributed by atoms with E-state index in [-0.39, 0.29) is 5.91 Å². The van der Waals surface area contributed by atoms with Gasteiger partial charge in [-0.05, 0) is 38.1 Å². The Morgan fingerprint density at radius 3 is 2.68 bits per heavy atom. The number of fused-ring (bicyclic) bond motifs is 3. The second-order valence-corrected chi connectivity index (χ2v) is 5.89. The highest BCUT2D eigenvalue weighted by Crippen LogP contribution is 2.24.